The average molecular weight is 223 g/mol. The minimum Gasteiger partial charge on any atom is -0.495 e. The third-order valence-corrected chi connectivity index (χ3v) is 3.27. The lowest BCUT2D eigenvalue weighted by molar-refractivity contribution is 0.403. The highest BCUT2D eigenvalue weighted by atomic mass is 19.1. The Morgan fingerprint density at radius 1 is 1.31 bits per heavy atom. The van der Waals surface area contributed by atoms with E-state index in [0.717, 1.165) is 30.4 Å². The highest BCUT2D eigenvalue weighted by Crippen LogP contribution is 2.31. The lowest BCUT2D eigenvalue weighted by Crippen LogP contribution is -2.33. The van der Waals surface area contributed by atoms with Crippen LogP contribution in [0.2, 0.25) is 0 Å². The number of benzene rings is 1. The maximum Gasteiger partial charge on any atom is 0.142 e. The van der Waals surface area contributed by atoms with E-state index in [1.807, 2.05) is 0 Å². The summed E-state index contributed by atoms with van der Waals surface area (Å²) in [6.07, 6.45) is 2.33. The van der Waals surface area contributed by atoms with Gasteiger partial charge < -0.3 is 9.64 Å². The van der Waals surface area contributed by atoms with Gasteiger partial charge in [0, 0.05) is 19.2 Å². The second-order valence-electron chi connectivity index (χ2n) is 4.49. The third-order valence-electron chi connectivity index (χ3n) is 3.27. The van der Waals surface area contributed by atoms with Gasteiger partial charge in [-0.05, 0) is 30.9 Å². The van der Waals surface area contributed by atoms with Crippen LogP contribution in [0.1, 0.15) is 19.8 Å². The fourth-order valence-corrected chi connectivity index (χ4v) is 2.16. The number of hydrogen-bond acceptors (Lipinski definition) is 2. The molecule has 16 heavy (non-hydrogen) atoms. The van der Waals surface area contributed by atoms with Crippen molar-refractivity contribution in [1.29, 1.82) is 0 Å². The molecule has 0 unspecified atom stereocenters. The molecule has 0 amide bonds. The van der Waals surface area contributed by atoms with Crippen molar-refractivity contribution in [2.75, 3.05) is 25.1 Å². The van der Waals surface area contributed by atoms with Crippen molar-refractivity contribution in [3.05, 3.63) is 24.0 Å². The van der Waals surface area contributed by atoms with Crippen molar-refractivity contribution in [3.8, 4) is 5.75 Å². The number of ether oxygens (including phenoxy) is 1. The number of rotatable bonds is 2. The van der Waals surface area contributed by atoms with E-state index in [2.05, 4.69) is 11.8 Å². The number of halogens is 1. The summed E-state index contributed by atoms with van der Waals surface area (Å²) in [6.45, 7) is 4.24. The molecule has 1 aliphatic rings. The zero-order chi connectivity index (χ0) is 11.5. The van der Waals surface area contributed by atoms with Crippen LogP contribution in [-0.4, -0.2) is 20.2 Å². The first-order valence-electron chi connectivity index (χ1n) is 5.79. The maximum atomic E-state index is 13.2. The van der Waals surface area contributed by atoms with Gasteiger partial charge in [0.25, 0.3) is 0 Å². The number of hydrogen-bond donors (Lipinski definition) is 0. The first-order valence-corrected chi connectivity index (χ1v) is 5.79. The van der Waals surface area contributed by atoms with Gasteiger partial charge >= 0.3 is 0 Å². The summed E-state index contributed by atoms with van der Waals surface area (Å²) in [5.41, 5.74) is 0.884. The molecule has 3 heteroatoms. The lowest BCUT2D eigenvalue weighted by atomic mass is 9.99. The van der Waals surface area contributed by atoms with Crippen LogP contribution < -0.4 is 9.64 Å². The van der Waals surface area contributed by atoms with Crippen molar-refractivity contribution in [1.82, 2.24) is 0 Å². The Morgan fingerprint density at radius 2 is 2.00 bits per heavy atom. The standard InChI is InChI=1S/C13H18FNO/c1-10-5-7-15(8-6-10)12-9-11(14)3-4-13(12)16-2/h3-4,9-10H,5-8H2,1-2H3. The van der Waals surface area contributed by atoms with Crippen molar-refractivity contribution in [2.45, 2.75) is 19.8 Å². The molecule has 0 bridgehead atoms. The molecular weight excluding hydrogens is 205 g/mol. The molecule has 2 rings (SSSR count). The summed E-state index contributed by atoms with van der Waals surface area (Å²) in [6, 6.07) is 4.70. The number of piperidine rings is 1. The zero-order valence-corrected chi connectivity index (χ0v) is 9.87. The Balaban J connectivity index is 2.21. The Hall–Kier alpha value is -1.25. The summed E-state index contributed by atoms with van der Waals surface area (Å²) < 4.78 is 18.5. The molecule has 0 aromatic heterocycles. The van der Waals surface area contributed by atoms with Crippen LogP contribution in [0.5, 0.6) is 5.75 Å². The first-order chi connectivity index (χ1) is 7.70. The van der Waals surface area contributed by atoms with Crippen LogP contribution in [0.15, 0.2) is 18.2 Å². The maximum absolute atomic E-state index is 13.2. The largest absolute Gasteiger partial charge is 0.495 e. The second-order valence-corrected chi connectivity index (χ2v) is 4.49. The van der Waals surface area contributed by atoms with Gasteiger partial charge in [0.1, 0.15) is 11.6 Å². The molecule has 0 radical (unpaired) electrons. The molecule has 0 spiro atoms. The molecule has 1 aliphatic heterocycles. The first kappa shape index (κ1) is 11.2. The second kappa shape index (κ2) is 4.73. The van der Waals surface area contributed by atoms with Crippen LogP contribution in [0.3, 0.4) is 0 Å². The number of nitrogens with zero attached hydrogens (tertiary/aromatic N) is 1. The summed E-state index contributed by atoms with van der Waals surface area (Å²) in [4.78, 5) is 2.21. The smallest absolute Gasteiger partial charge is 0.142 e. The van der Waals surface area contributed by atoms with Crippen molar-refractivity contribution < 1.29 is 9.13 Å². The van der Waals surface area contributed by atoms with Crippen LogP contribution in [0.4, 0.5) is 10.1 Å². The van der Waals surface area contributed by atoms with E-state index in [4.69, 9.17) is 4.74 Å². The Labute approximate surface area is 96.0 Å². The molecule has 1 heterocycles. The SMILES string of the molecule is COc1ccc(F)cc1N1CCC(C)CC1. The van der Waals surface area contributed by atoms with Crippen molar-refractivity contribution in [3.63, 3.8) is 0 Å². The fraction of sp³-hybridized carbons (Fsp3) is 0.538. The van der Waals surface area contributed by atoms with E-state index in [9.17, 15) is 4.39 Å². The van der Waals surface area contributed by atoms with E-state index in [-0.39, 0.29) is 5.82 Å². The highest BCUT2D eigenvalue weighted by molar-refractivity contribution is 5.58. The molecular formula is C13H18FNO. The van der Waals surface area contributed by atoms with Crippen molar-refractivity contribution in [2.24, 2.45) is 5.92 Å². The predicted molar refractivity (Wildman–Crippen MR) is 63.6 cm³/mol. The third kappa shape index (κ3) is 2.29. The molecule has 0 atom stereocenters. The summed E-state index contributed by atoms with van der Waals surface area (Å²) in [5, 5.41) is 0. The quantitative estimate of drug-likeness (QED) is 0.764. The molecule has 1 saturated heterocycles. The number of anilines is 1. The normalized spacial score (nSPS) is 17.6. The van der Waals surface area contributed by atoms with E-state index >= 15 is 0 Å². The molecule has 0 aliphatic carbocycles. The van der Waals surface area contributed by atoms with Gasteiger partial charge in [-0.1, -0.05) is 6.92 Å². The average Bonchev–Trinajstić information content (AvgIpc) is 2.30. The molecule has 88 valence electrons. The van der Waals surface area contributed by atoms with Gasteiger partial charge in [0.05, 0.1) is 12.8 Å². The molecule has 1 aromatic carbocycles. The monoisotopic (exact) mass is 223 g/mol. The van der Waals surface area contributed by atoms with Gasteiger partial charge in [0.2, 0.25) is 0 Å². The number of methoxy groups -OCH3 is 1. The minimum atomic E-state index is -0.200. The summed E-state index contributed by atoms with van der Waals surface area (Å²) >= 11 is 0. The van der Waals surface area contributed by atoms with Gasteiger partial charge in [0.15, 0.2) is 0 Å². The molecule has 0 N–H and O–H groups in total. The molecule has 1 aromatic rings. The lowest BCUT2D eigenvalue weighted by Gasteiger charge is -2.32. The topological polar surface area (TPSA) is 12.5 Å². The van der Waals surface area contributed by atoms with E-state index < -0.39 is 0 Å². The Bertz CT molecular complexity index is 359. The van der Waals surface area contributed by atoms with Crippen LogP contribution in [0.25, 0.3) is 0 Å². The zero-order valence-electron chi connectivity index (χ0n) is 9.87. The van der Waals surface area contributed by atoms with Crippen molar-refractivity contribution >= 4 is 5.69 Å². The van der Waals surface area contributed by atoms with Crippen LogP contribution in [0, 0.1) is 11.7 Å². The van der Waals surface area contributed by atoms with E-state index in [0.29, 0.717) is 0 Å². The fourth-order valence-electron chi connectivity index (χ4n) is 2.16. The summed E-state index contributed by atoms with van der Waals surface area (Å²) in [7, 11) is 1.63. The van der Waals surface area contributed by atoms with E-state index in [1.54, 1.807) is 19.2 Å². The van der Waals surface area contributed by atoms with Crippen LogP contribution in [-0.2, 0) is 0 Å². The molecule has 0 saturated carbocycles. The van der Waals surface area contributed by atoms with Gasteiger partial charge in [-0.3, -0.25) is 0 Å². The predicted octanol–water partition coefficient (Wildman–Crippen LogP) is 3.07. The highest BCUT2D eigenvalue weighted by Gasteiger charge is 2.19. The minimum absolute atomic E-state index is 0.200. The van der Waals surface area contributed by atoms with Gasteiger partial charge in [-0.2, -0.15) is 0 Å². The van der Waals surface area contributed by atoms with Crippen LogP contribution >= 0.6 is 0 Å². The molecule has 1 fully saturated rings. The van der Waals surface area contributed by atoms with Gasteiger partial charge in [-0.15, -0.1) is 0 Å². The Morgan fingerprint density at radius 3 is 2.62 bits per heavy atom. The van der Waals surface area contributed by atoms with Gasteiger partial charge in [-0.25, -0.2) is 4.39 Å². The van der Waals surface area contributed by atoms with E-state index in [1.165, 1.54) is 18.9 Å². The Kier molecular flexibility index (Phi) is 3.32. The summed E-state index contributed by atoms with van der Waals surface area (Å²) in [5.74, 6) is 1.33. The molecule has 2 nitrogen and oxygen atoms in total.